The molecule has 3 rings (SSSR count). The number of nitrogens with one attached hydrogen (secondary N) is 2. The fourth-order valence-electron chi connectivity index (χ4n) is 2.08. The quantitative estimate of drug-likeness (QED) is 0.491. The van der Waals surface area contributed by atoms with Crippen LogP contribution in [-0.4, -0.2) is 28.4 Å². The van der Waals surface area contributed by atoms with Crippen LogP contribution in [0, 0.1) is 0 Å². The molecule has 0 radical (unpaired) electrons. The van der Waals surface area contributed by atoms with E-state index in [1.165, 1.54) is 23.1 Å². The van der Waals surface area contributed by atoms with Gasteiger partial charge in [-0.05, 0) is 43.3 Å². The summed E-state index contributed by atoms with van der Waals surface area (Å²) >= 11 is 8.87. The summed E-state index contributed by atoms with van der Waals surface area (Å²) in [7, 11) is 0. The Morgan fingerprint density at radius 3 is 2.70 bits per heavy atom. The highest BCUT2D eigenvalue weighted by atomic mass is 35.5. The molecule has 6 nitrogen and oxygen atoms in total. The summed E-state index contributed by atoms with van der Waals surface area (Å²) in [5.41, 5.74) is 0.692. The molecule has 0 atom stereocenters. The maximum atomic E-state index is 12.1. The molecule has 0 unspecified atom stereocenters. The fourth-order valence-corrected chi connectivity index (χ4v) is 3.87. The van der Waals surface area contributed by atoms with Gasteiger partial charge in [0.1, 0.15) is 11.5 Å². The second kappa shape index (κ2) is 9.59. The van der Waals surface area contributed by atoms with Crippen LogP contribution in [0.4, 0.5) is 10.8 Å². The Hall–Kier alpha value is -2.29. The molecule has 0 aliphatic rings. The number of carbonyl (C=O) groups is 1. The van der Waals surface area contributed by atoms with Gasteiger partial charge in [0.25, 0.3) is 0 Å². The third kappa shape index (κ3) is 5.85. The highest BCUT2D eigenvalue weighted by Crippen LogP contribution is 2.29. The SMILES string of the molecule is CCNc1nnc(SCC(=O)Nc2ccc(Oc3ccccc3Cl)cc2)s1. The van der Waals surface area contributed by atoms with Crippen LogP contribution in [0.3, 0.4) is 0 Å². The maximum Gasteiger partial charge on any atom is 0.234 e. The second-order valence-corrected chi connectivity index (χ2v) is 7.90. The molecule has 2 N–H and O–H groups in total. The smallest absolute Gasteiger partial charge is 0.234 e. The molecule has 0 saturated heterocycles. The number of benzene rings is 2. The summed E-state index contributed by atoms with van der Waals surface area (Å²) in [5.74, 6) is 1.38. The first-order valence-corrected chi connectivity index (χ1v) is 10.3. The largest absolute Gasteiger partial charge is 0.456 e. The molecule has 3 aromatic rings. The van der Waals surface area contributed by atoms with Gasteiger partial charge in [-0.1, -0.05) is 46.8 Å². The van der Waals surface area contributed by atoms with Crippen LogP contribution >= 0.6 is 34.7 Å². The number of halogens is 1. The van der Waals surface area contributed by atoms with Gasteiger partial charge in [-0.15, -0.1) is 10.2 Å². The number of carbonyl (C=O) groups excluding carboxylic acids is 1. The Balaban J connectivity index is 1.50. The lowest BCUT2D eigenvalue weighted by atomic mass is 10.3. The number of hydrogen-bond donors (Lipinski definition) is 2. The van der Waals surface area contributed by atoms with Crippen molar-refractivity contribution in [1.29, 1.82) is 0 Å². The van der Waals surface area contributed by atoms with Gasteiger partial charge in [0.2, 0.25) is 11.0 Å². The number of hydrogen-bond acceptors (Lipinski definition) is 7. The summed E-state index contributed by atoms with van der Waals surface area (Å²) in [6.45, 7) is 2.78. The Morgan fingerprint density at radius 2 is 1.96 bits per heavy atom. The van der Waals surface area contributed by atoms with E-state index in [-0.39, 0.29) is 11.7 Å². The van der Waals surface area contributed by atoms with Crippen LogP contribution < -0.4 is 15.4 Å². The van der Waals surface area contributed by atoms with Crippen molar-refractivity contribution in [3.63, 3.8) is 0 Å². The van der Waals surface area contributed by atoms with Gasteiger partial charge < -0.3 is 15.4 Å². The Labute approximate surface area is 170 Å². The molecule has 0 aliphatic carbocycles. The average Bonchev–Trinajstić information content (AvgIpc) is 3.11. The number of anilines is 2. The van der Waals surface area contributed by atoms with E-state index >= 15 is 0 Å². The molecule has 0 aliphatic heterocycles. The predicted molar refractivity (Wildman–Crippen MR) is 111 cm³/mol. The summed E-state index contributed by atoms with van der Waals surface area (Å²) in [4.78, 5) is 12.1. The molecule has 9 heteroatoms. The molecule has 0 spiro atoms. The highest BCUT2D eigenvalue weighted by Gasteiger charge is 2.09. The first-order valence-electron chi connectivity index (χ1n) is 8.16. The average molecular weight is 421 g/mol. The van der Waals surface area contributed by atoms with Crippen molar-refractivity contribution < 1.29 is 9.53 Å². The minimum Gasteiger partial charge on any atom is -0.456 e. The molecule has 140 valence electrons. The lowest BCUT2D eigenvalue weighted by Gasteiger charge is -2.09. The van der Waals surface area contributed by atoms with E-state index in [2.05, 4.69) is 20.8 Å². The van der Waals surface area contributed by atoms with Gasteiger partial charge in [0.15, 0.2) is 4.34 Å². The molecule has 1 heterocycles. The number of rotatable bonds is 8. The van der Waals surface area contributed by atoms with Gasteiger partial charge in [0, 0.05) is 12.2 Å². The maximum absolute atomic E-state index is 12.1. The van der Waals surface area contributed by atoms with Gasteiger partial charge in [0.05, 0.1) is 10.8 Å². The predicted octanol–water partition coefficient (Wildman–Crippen LogP) is 5.15. The van der Waals surface area contributed by atoms with E-state index in [4.69, 9.17) is 16.3 Å². The van der Waals surface area contributed by atoms with Crippen LogP contribution in [0.15, 0.2) is 52.9 Å². The molecular weight excluding hydrogens is 404 g/mol. The van der Waals surface area contributed by atoms with Crippen LogP contribution in [0.2, 0.25) is 5.02 Å². The Bertz CT molecular complexity index is 902. The monoisotopic (exact) mass is 420 g/mol. The number of ether oxygens (including phenoxy) is 1. The number of amides is 1. The zero-order valence-electron chi connectivity index (χ0n) is 14.4. The van der Waals surface area contributed by atoms with Crippen molar-refractivity contribution in [3.8, 4) is 11.5 Å². The molecule has 0 bridgehead atoms. The second-order valence-electron chi connectivity index (χ2n) is 5.30. The van der Waals surface area contributed by atoms with Crippen molar-refractivity contribution >= 4 is 51.4 Å². The molecular formula is C18H17ClN4O2S2. The normalized spacial score (nSPS) is 10.4. The van der Waals surface area contributed by atoms with Crippen molar-refractivity contribution in [2.75, 3.05) is 22.9 Å². The Kier molecular flexibility index (Phi) is 6.92. The van der Waals surface area contributed by atoms with Gasteiger partial charge in [-0.2, -0.15) is 0 Å². The summed E-state index contributed by atoms with van der Waals surface area (Å²) < 4.78 is 6.48. The zero-order chi connectivity index (χ0) is 19.1. The summed E-state index contributed by atoms with van der Waals surface area (Å²) in [6.07, 6.45) is 0. The minimum absolute atomic E-state index is 0.111. The van der Waals surface area contributed by atoms with Crippen molar-refractivity contribution in [2.45, 2.75) is 11.3 Å². The third-order valence-corrected chi connectivity index (χ3v) is 5.59. The first kappa shape index (κ1) is 19.5. The number of thioether (sulfide) groups is 1. The standard InChI is InChI=1S/C18H17ClN4O2S2/c1-2-20-17-22-23-18(27-17)26-11-16(24)21-12-7-9-13(10-8-12)25-15-6-4-3-5-14(15)19/h3-10H,2,11H2,1H3,(H,20,22)(H,21,24). The summed E-state index contributed by atoms with van der Waals surface area (Å²) in [6, 6.07) is 14.4. The van der Waals surface area contributed by atoms with Crippen LogP contribution in [0.5, 0.6) is 11.5 Å². The van der Waals surface area contributed by atoms with Crippen molar-refractivity contribution in [1.82, 2.24) is 10.2 Å². The van der Waals surface area contributed by atoms with E-state index < -0.39 is 0 Å². The third-order valence-electron chi connectivity index (χ3n) is 3.26. The first-order chi connectivity index (χ1) is 13.1. The minimum atomic E-state index is -0.111. The van der Waals surface area contributed by atoms with Crippen molar-refractivity contribution in [2.24, 2.45) is 0 Å². The molecule has 1 aromatic heterocycles. The van der Waals surface area contributed by atoms with E-state index in [1.807, 2.05) is 19.1 Å². The van der Waals surface area contributed by atoms with Crippen LogP contribution in [0.25, 0.3) is 0 Å². The van der Waals surface area contributed by atoms with E-state index in [1.54, 1.807) is 36.4 Å². The topological polar surface area (TPSA) is 76.1 Å². The fraction of sp³-hybridized carbons (Fsp3) is 0.167. The van der Waals surface area contributed by atoms with Gasteiger partial charge >= 0.3 is 0 Å². The number of para-hydroxylation sites is 1. The lowest BCUT2D eigenvalue weighted by molar-refractivity contribution is -0.113. The van der Waals surface area contributed by atoms with Crippen molar-refractivity contribution in [3.05, 3.63) is 53.6 Å². The van der Waals surface area contributed by atoms with E-state index in [0.717, 1.165) is 16.0 Å². The van der Waals surface area contributed by atoms with Crippen LogP contribution in [-0.2, 0) is 4.79 Å². The highest BCUT2D eigenvalue weighted by molar-refractivity contribution is 8.01. The summed E-state index contributed by atoms with van der Waals surface area (Å²) in [5, 5.41) is 15.3. The van der Waals surface area contributed by atoms with Crippen LogP contribution in [0.1, 0.15) is 6.92 Å². The van der Waals surface area contributed by atoms with Gasteiger partial charge in [-0.3, -0.25) is 4.79 Å². The van der Waals surface area contributed by atoms with Gasteiger partial charge in [-0.25, -0.2) is 0 Å². The number of aromatic nitrogens is 2. The van der Waals surface area contributed by atoms with E-state index in [9.17, 15) is 4.79 Å². The molecule has 0 saturated carbocycles. The lowest BCUT2D eigenvalue weighted by Crippen LogP contribution is -2.13. The van der Waals surface area contributed by atoms with E-state index in [0.29, 0.717) is 22.2 Å². The zero-order valence-corrected chi connectivity index (χ0v) is 16.8. The molecule has 2 aromatic carbocycles. The molecule has 0 fully saturated rings. The number of nitrogens with zero attached hydrogens (tertiary/aromatic N) is 2. The molecule has 27 heavy (non-hydrogen) atoms. The molecule has 1 amide bonds. The Morgan fingerprint density at radius 1 is 1.19 bits per heavy atom.